The van der Waals surface area contributed by atoms with Crippen molar-refractivity contribution >= 4 is 11.7 Å². The quantitative estimate of drug-likeness (QED) is 0.757. The predicted molar refractivity (Wildman–Crippen MR) is 61.3 cm³/mol. The molecule has 1 amide bonds. The van der Waals surface area contributed by atoms with E-state index in [0.29, 0.717) is 12.4 Å². The van der Waals surface area contributed by atoms with Gasteiger partial charge >= 0.3 is 0 Å². The Kier molecular flexibility index (Phi) is 4.04. The van der Waals surface area contributed by atoms with Gasteiger partial charge in [0.15, 0.2) is 0 Å². The van der Waals surface area contributed by atoms with Crippen molar-refractivity contribution in [2.24, 2.45) is 0 Å². The van der Waals surface area contributed by atoms with Gasteiger partial charge in [0.2, 0.25) is 5.91 Å². The largest absolute Gasteiger partial charge is 0.358 e. The number of H-pyrrole nitrogens is 1. The fourth-order valence-corrected chi connectivity index (χ4v) is 1.22. The summed E-state index contributed by atoms with van der Waals surface area (Å²) in [6.45, 7) is 4.28. The third-order valence-electron chi connectivity index (χ3n) is 2.26. The van der Waals surface area contributed by atoms with E-state index in [1.807, 2.05) is 6.92 Å². The Bertz CT molecular complexity index is 415. The maximum Gasteiger partial charge on any atom is 0.252 e. The number of aromatic amines is 1. The Morgan fingerprint density at radius 3 is 2.94 bits per heavy atom. The summed E-state index contributed by atoms with van der Waals surface area (Å²) in [4.78, 5) is 30.6. The van der Waals surface area contributed by atoms with Crippen molar-refractivity contribution in [1.29, 1.82) is 0 Å². The van der Waals surface area contributed by atoms with Gasteiger partial charge in [-0.05, 0) is 13.8 Å². The minimum atomic E-state index is -0.403. The SMILES string of the molecule is CCN(C)C(=O)C(C)Nc1cc(=O)[nH]cn1. The van der Waals surface area contributed by atoms with E-state index in [4.69, 9.17) is 0 Å². The molecule has 1 rings (SSSR count). The van der Waals surface area contributed by atoms with Gasteiger partial charge in [0.25, 0.3) is 5.56 Å². The van der Waals surface area contributed by atoms with Crippen molar-refractivity contribution in [1.82, 2.24) is 14.9 Å². The number of anilines is 1. The Hall–Kier alpha value is -1.85. The van der Waals surface area contributed by atoms with Gasteiger partial charge in [0.1, 0.15) is 11.9 Å². The molecule has 1 aromatic rings. The minimum Gasteiger partial charge on any atom is -0.358 e. The molecule has 6 nitrogen and oxygen atoms in total. The van der Waals surface area contributed by atoms with Crippen LogP contribution in [0.5, 0.6) is 0 Å². The van der Waals surface area contributed by atoms with Crippen LogP contribution in [0.3, 0.4) is 0 Å². The van der Waals surface area contributed by atoms with Gasteiger partial charge in [0.05, 0.1) is 6.33 Å². The average molecular weight is 224 g/mol. The summed E-state index contributed by atoms with van der Waals surface area (Å²) < 4.78 is 0. The van der Waals surface area contributed by atoms with Gasteiger partial charge in [-0.25, -0.2) is 4.98 Å². The minimum absolute atomic E-state index is 0.0374. The summed E-state index contributed by atoms with van der Waals surface area (Å²) in [7, 11) is 1.73. The van der Waals surface area contributed by atoms with Crippen LogP contribution in [0, 0.1) is 0 Å². The van der Waals surface area contributed by atoms with Crippen LogP contribution >= 0.6 is 0 Å². The highest BCUT2D eigenvalue weighted by molar-refractivity contribution is 5.83. The Morgan fingerprint density at radius 1 is 1.69 bits per heavy atom. The molecule has 0 saturated carbocycles. The van der Waals surface area contributed by atoms with Crippen molar-refractivity contribution in [3.05, 3.63) is 22.7 Å². The molecular formula is C10H16N4O2. The lowest BCUT2D eigenvalue weighted by Crippen LogP contribution is -2.39. The molecule has 6 heteroatoms. The third-order valence-corrected chi connectivity index (χ3v) is 2.26. The average Bonchev–Trinajstić information content (AvgIpc) is 2.27. The highest BCUT2D eigenvalue weighted by atomic mass is 16.2. The zero-order chi connectivity index (χ0) is 12.1. The molecule has 0 aliphatic heterocycles. The van der Waals surface area contributed by atoms with Gasteiger partial charge in [0, 0.05) is 19.7 Å². The summed E-state index contributed by atoms with van der Waals surface area (Å²) in [5.74, 6) is 0.360. The van der Waals surface area contributed by atoms with Crippen LogP contribution in [-0.4, -0.2) is 40.4 Å². The van der Waals surface area contributed by atoms with Crippen molar-refractivity contribution in [3.8, 4) is 0 Å². The molecule has 0 aliphatic carbocycles. The normalized spacial score (nSPS) is 11.9. The van der Waals surface area contributed by atoms with E-state index >= 15 is 0 Å². The second kappa shape index (κ2) is 5.29. The van der Waals surface area contributed by atoms with Crippen molar-refractivity contribution in [2.45, 2.75) is 19.9 Å². The highest BCUT2D eigenvalue weighted by Gasteiger charge is 2.16. The molecule has 0 spiro atoms. The maximum absolute atomic E-state index is 11.7. The molecule has 1 aromatic heterocycles. The summed E-state index contributed by atoms with van der Waals surface area (Å²) >= 11 is 0. The Labute approximate surface area is 93.7 Å². The van der Waals surface area contributed by atoms with Crippen LogP contribution in [-0.2, 0) is 4.79 Å². The van der Waals surface area contributed by atoms with Gasteiger partial charge in [-0.1, -0.05) is 0 Å². The smallest absolute Gasteiger partial charge is 0.252 e. The van der Waals surface area contributed by atoms with E-state index in [1.54, 1.807) is 18.9 Å². The number of carbonyl (C=O) groups is 1. The molecule has 0 aromatic carbocycles. The first-order chi connectivity index (χ1) is 7.54. The maximum atomic E-state index is 11.7. The van der Waals surface area contributed by atoms with E-state index < -0.39 is 6.04 Å². The number of hydrogen-bond acceptors (Lipinski definition) is 4. The van der Waals surface area contributed by atoms with Crippen LogP contribution in [0.1, 0.15) is 13.8 Å². The van der Waals surface area contributed by atoms with Crippen molar-refractivity contribution in [3.63, 3.8) is 0 Å². The molecule has 0 fully saturated rings. The summed E-state index contributed by atoms with van der Waals surface area (Å²) in [5, 5.41) is 2.88. The molecule has 1 unspecified atom stereocenters. The number of nitrogens with zero attached hydrogens (tertiary/aromatic N) is 2. The van der Waals surface area contributed by atoms with Crippen molar-refractivity contribution in [2.75, 3.05) is 18.9 Å². The molecular weight excluding hydrogens is 208 g/mol. The van der Waals surface area contributed by atoms with E-state index in [2.05, 4.69) is 15.3 Å². The van der Waals surface area contributed by atoms with E-state index in [0.717, 1.165) is 0 Å². The zero-order valence-electron chi connectivity index (χ0n) is 9.65. The topological polar surface area (TPSA) is 78.1 Å². The summed E-state index contributed by atoms with van der Waals surface area (Å²) in [6, 6.07) is 0.912. The molecule has 16 heavy (non-hydrogen) atoms. The zero-order valence-corrected chi connectivity index (χ0v) is 9.65. The molecule has 1 atom stereocenters. The number of hydrogen-bond donors (Lipinski definition) is 2. The fraction of sp³-hybridized carbons (Fsp3) is 0.500. The molecule has 0 bridgehead atoms. The second-order valence-electron chi connectivity index (χ2n) is 3.51. The summed E-state index contributed by atoms with van der Waals surface area (Å²) in [6.07, 6.45) is 1.30. The molecule has 0 radical (unpaired) electrons. The van der Waals surface area contributed by atoms with Crippen LogP contribution in [0.15, 0.2) is 17.2 Å². The summed E-state index contributed by atoms with van der Waals surface area (Å²) in [5.41, 5.74) is -0.249. The molecule has 2 N–H and O–H groups in total. The van der Waals surface area contributed by atoms with Gasteiger partial charge in [-0.3, -0.25) is 9.59 Å². The highest BCUT2D eigenvalue weighted by Crippen LogP contribution is 2.01. The number of nitrogens with one attached hydrogen (secondary N) is 2. The first-order valence-electron chi connectivity index (χ1n) is 5.10. The molecule has 88 valence electrons. The van der Waals surface area contributed by atoms with Crippen molar-refractivity contribution < 1.29 is 4.79 Å². The molecule has 1 heterocycles. The number of aromatic nitrogens is 2. The van der Waals surface area contributed by atoms with E-state index in [1.165, 1.54) is 12.4 Å². The van der Waals surface area contributed by atoms with Crippen LogP contribution in [0.4, 0.5) is 5.82 Å². The lowest BCUT2D eigenvalue weighted by atomic mass is 10.3. The fourth-order valence-electron chi connectivity index (χ4n) is 1.22. The van der Waals surface area contributed by atoms with E-state index in [-0.39, 0.29) is 11.5 Å². The van der Waals surface area contributed by atoms with Crippen LogP contribution in [0.2, 0.25) is 0 Å². The Balaban J connectivity index is 2.67. The molecule has 0 aliphatic rings. The first-order valence-corrected chi connectivity index (χ1v) is 5.10. The first kappa shape index (κ1) is 12.2. The number of likely N-dealkylation sites (N-methyl/N-ethyl adjacent to an activating group) is 1. The number of carbonyl (C=O) groups excluding carboxylic acids is 1. The lowest BCUT2D eigenvalue weighted by molar-refractivity contribution is -0.130. The third kappa shape index (κ3) is 3.08. The Morgan fingerprint density at radius 2 is 2.38 bits per heavy atom. The predicted octanol–water partition coefficient (Wildman–Crippen LogP) is 0.0486. The second-order valence-corrected chi connectivity index (χ2v) is 3.51. The standard InChI is InChI=1S/C10H16N4O2/c1-4-14(3)10(16)7(2)13-8-5-9(15)12-6-11-8/h5-7H,4H2,1-3H3,(H2,11,12,13,15). The van der Waals surface area contributed by atoms with E-state index in [9.17, 15) is 9.59 Å². The monoisotopic (exact) mass is 224 g/mol. The van der Waals surface area contributed by atoms with Crippen LogP contribution in [0.25, 0.3) is 0 Å². The van der Waals surface area contributed by atoms with Gasteiger partial charge in [-0.15, -0.1) is 0 Å². The number of rotatable bonds is 4. The van der Waals surface area contributed by atoms with Crippen LogP contribution < -0.4 is 10.9 Å². The van der Waals surface area contributed by atoms with Gasteiger partial charge < -0.3 is 15.2 Å². The molecule has 0 saturated heterocycles. The lowest BCUT2D eigenvalue weighted by Gasteiger charge is -2.20. The number of amides is 1. The van der Waals surface area contributed by atoms with Gasteiger partial charge in [-0.2, -0.15) is 0 Å².